The Kier molecular flexibility index (Phi) is 6.24. The van der Waals surface area contributed by atoms with E-state index in [0.29, 0.717) is 25.7 Å². The molecule has 1 aromatic rings. The van der Waals surface area contributed by atoms with Crippen molar-refractivity contribution in [3.8, 4) is 0 Å². The molecule has 24 heavy (non-hydrogen) atoms. The van der Waals surface area contributed by atoms with E-state index in [1.165, 1.54) is 5.56 Å². The van der Waals surface area contributed by atoms with E-state index in [0.717, 1.165) is 32.5 Å². The SMILES string of the molecule is COCCNC(=O)[C@@H]1CCO[C@@H]2CCN(Cc3ccccc3)C[C@@H]21. The van der Waals surface area contributed by atoms with Gasteiger partial charge >= 0.3 is 0 Å². The number of piperidine rings is 1. The van der Waals surface area contributed by atoms with Gasteiger partial charge in [-0.1, -0.05) is 30.3 Å². The number of nitrogens with zero attached hydrogens (tertiary/aromatic N) is 1. The summed E-state index contributed by atoms with van der Waals surface area (Å²) in [5.41, 5.74) is 1.33. The van der Waals surface area contributed by atoms with Crippen LogP contribution in [0.4, 0.5) is 0 Å². The molecule has 0 spiro atoms. The van der Waals surface area contributed by atoms with Crippen LogP contribution in [0.5, 0.6) is 0 Å². The van der Waals surface area contributed by atoms with Crippen LogP contribution in [0, 0.1) is 11.8 Å². The Morgan fingerprint density at radius 3 is 2.96 bits per heavy atom. The van der Waals surface area contributed by atoms with Crippen molar-refractivity contribution in [1.82, 2.24) is 10.2 Å². The van der Waals surface area contributed by atoms with E-state index < -0.39 is 0 Å². The lowest BCUT2D eigenvalue weighted by molar-refractivity contribution is -0.142. The van der Waals surface area contributed by atoms with Gasteiger partial charge in [0, 0.05) is 51.7 Å². The minimum absolute atomic E-state index is 0.0548. The second-order valence-electron chi connectivity index (χ2n) is 6.76. The third kappa shape index (κ3) is 4.35. The maximum atomic E-state index is 12.6. The molecule has 3 rings (SSSR count). The summed E-state index contributed by atoms with van der Waals surface area (Å²) >= 11 is 0. The predicted octanol–water partition coefficient (Wildman–Crippen LogP) is 1.68. The molecule has 132 valence electrons. The average Bonchev–Trinajstić information content (AvgIpc) is 2.62. The maximum absolute atomic E-state index is 12.6. The molecule has 2 aliphatic rings. The van der Waals surface area contributed by atoms with Gasteiger partial charge in [0.15, 0.2) is 0 Å². The fourth-order valence-electron chi connectivity index (χ4n) is 3.90. The quantitative estimate of drug-likeness (QED) is 0.805. The van der Waals surface area contributed by atoms with Gasteiger partial charge in [-0.2, -0.15) is 0 Å². The Labute approximate surface area is 144 Å². The highest BCUT2D eigenvalue weighted by Crippen LogP contribution is 2.33. The molecule has 5 nitrogen and oxygen atoms in total. The number of benzene rings is 1. The first-order valence-electron chi connectivity index (χ1n) is 8.92. The number of rotatable bonds is 6. The van der Waals surface area contributed by atoms with Crippen LogP contribution in [0.1, 0.15) is 18.4 Å². The van der Waals surface area contributed by atoms with Crippen molar-refractivity contribution in [2.75, 3.05) is 40.0 Å². The van der Waals surface area contributed by atoms with Crippen LogP contribution >= 0.6 is 0 Å². The third-order valence-electron chi connectivity index (χ3n) is 5.15. The summed E-state index contributed by atoms with van der Waals surface area (Å²) in [7, 11) is 1.65. The van der Waals surface area contributed by atoms with E-state index in [2.05, 4.69) is 34.5 Å². The summed E-state index contributed by atoms with van der Waals surface area (Å²) in [6.45, 7) is 4.75. The van der Waals surface area contributed by atoms with Crippen LogP contribution < -0.4 is 5.32 Å². The molecule has 2 fully saturated rings. The molecule has 1 N–H and O–H groups in total. The minimum atomic E-state index is 0.0548. The Hall–Kier alpha value is -1.43. The van der Waals surface area contributed by atoms with Gasteiger partial charge in [0.2, 0.25) is 5.91 Å². The van der Waals surface area contributed by atoms with Gasteiger partial charge in [0.05, 0.1) is 12.7 Å². The Morgan fingerprint density at radius 1 is 1.33 bits per heavy atom. The molecule has 0 saturated carbocycles. The molecule has 0 aromatic heterocycles. The Bertz CT molecular complexity index is 523. The summed E-state index contributed by atoms with van der Waals surface area (Å²) in [6, 6.07) is 10.5. The zero-order valence-corrected chi connectivity index (χ0v) is 14.4. The van der Waals surface area contributed by atoms with Crippen LogP contribution in [0.15, 0.2) is 30.3 Å². The fraction of sp³-hybridized carbons (Fsp3) is 0.632. The normalized spacial score (nSPS) is 27.5. The van der Waals surface area contributed by atoms with Gasteiger partial charge in [-0.3, -0.25) is 9.69 Å². The number of amides is 1. The average molecular weight is 332 g/mol. The number of carbonyl (C=O) groups excluding carboxylic acids is 1. The van der Waals surface area contributed by atoms with E-state index in [4.69, 9.17) is 9.47 Å². The number of hydrogen-bond donors (Lipinski definition) is 1. The van der Waals surface area contributed by atoms with Crippen LogP contribution in [0.25, 0.3) is 0 Å². The second kappa shape index (κ2) is 8.60. The number of nitrogens with one attached hydrogen (secondary N) is 1. The van der Waals surface area contributed by atoms with E-state index >= 15 is 0 Å². The van der Waals surface area contributed by atoms with Crippen LogP contribution in [0.2, 0.25) is 0 Å². The number of likely N-dealkylation sites (tertiary alicyclic amines) is 1. The molecule has 0 aliphatic carbocycles. The first-order valence-corrected chi connectivity index (χ1v) is 8.92. The molecule has 2 aliphatic heterocycles. The van der Waals surface area contributed by atoms with Crippen LogP contribution in [-0.2, 0) is 20.8 Å². The molecule has 3 atom stereocenters. The fourth-order valence-corrected chi connectivity index (χ4v) is 3.90. The molecule has 2 heterocycles. The topological polar surface area (TPSA) is 50.8 Å². The Morgan fingerprint density at radius 2 is 2.17 bits per heavy atom. The van der Waals surface area contributed by atoms with Crippen LogP contribution in [-0.4, -0.2) is 56.9 Å². The molecule has 1 aromatic carbocycles. The minimum Gasteiger partial charge on any atom is -0.383 e. The van der Waals surface area contributed by atoms with Gasteiger partial charge in [0.25, 0.3) is 0 Å². The molecule has 0 unspecified atom stereocenters. The van der Waals surface area contributed by atoms with Crippen molar-refractivity contribution in [2.45, 2.75) is 25.5 Å². The number of ether oxygens (including phenoxy) is 2. The first-order chi connectivity index (χ1) is 11.8. The summed E-state index contributed by atoms with van der Waals surface area (Å²) in [4.78, 5) is 15.0. The van der Waals surface area contributed by atoms with Gasteiger partial charge in [-0.05, 0) is 18.4 Å². The van der Waals surface area contributed by atoms with Crippen molar-refractivity contribution < 1.29 is 14.3 Å². The summed E-state index contributed by atoms with van der Waals surface area (Å²) in [5.74, 6) is 0.504. The zero-order chi connectivity index (χ0) is 16.8. The monoisotopic (exact) mass is 332 g/mol. The highest BCUT2D eigenvalue weighted by Gasteiger charge is 2.41. The molecule has 2 saturated heterocycles. The van der Waals surface area contributed by atoms with Gasteiger partial charge < -0.3 is 14.8 Å². The smallest absolute Gasteiger partial charge is 0.223 e. The lowest BCUT2D eigenvalue weighted by Crippen LogP contribution is -2.53. The first kappa shape index (κ1) is 17.4. The largest absolute Gasteiger partial charge is 0.383 e. The van der Waals surface area contributed by atoms with Gasteiger partial charge in [0.1, 0.15) is 0 Å². The van der Waals surface area contributed by atoms with Crippen molar-refractivity contribution in [2.24, 2.45) is 11.8 Å². The number of carbonyl (C=O) groups is 1. The van der Waals surface area contributed by atoms with Gasteiger partial charge in [-0.15, -0.1) is 0 Å². The van der Waals surface area contributed by atoms with E-state index in [1.807, 2.05) is 6.07 Å². The van der Waals surface area contributed by atoms with E-state index in [-0.39, 0.29) is 17.9 Å². The van der Waals surface area contributed by atoms with Crippen molar-refractivity contribution in [3.05, 3.63) is 35.9 Å². The van der Waals surface area contributed by atoms with E-state index in [9.17, 15) is 4.79 Å². The van der Waals surface area contributed by atoms with E-state index in [1.54, 1.807) is 7.11 Å². The van der Waals surface area contributed by atoms with Crippen molar-refractivity contribution in [1.29, 1.82) is 0 Å². The van der Waals surface area contributed by atoms with Crippen LogP contribution in [0.3, 0.4) is 0 Å². The number of methoxy groups -OCH3 is 1. The number of fused-ring (bicyclic) bond motifs is 1. The highest BCUT2D eigenvalue weighted by atomic mass is 16.5. The number of hydrogen-bond acceptors (Lipinski definition) is 4. The summed E-state index contributed by atoms with van der Waals surface area (Å²) < 4.78 is 11.0. The molecule has 1 amide bonds. The molecule has 0 radical (unpaired) electrons. The standard InChI is InChI=1S/C19H28N2O3/c1-23-12-9-20-19(22)16-8-11-24-18-7-10-21(14-17(16)18)13-15-5-3-2-4-6-15/h2-6,16-18H,7-14H2,1H3,(H,20,22)/t16-,17-,18-/m1/s1. The Balaban J connectivity index is 1.60. The van der Waals surface area contributed by atoms with Crippen molar-refractivity contribution in [3.63, 3.8) is 0 Å². The predicted molar refractivity (Wildman–Crippen MR) is 92.6 cm³/mol. The second-order valence-corrected chi connectivity index (χ2v) is 6.76. The van der Waals surface area contributed by atoms with Crippen molar-refractivity contribution >= 4 is 5.91 Å². The molecule has 5 heteroatoms. The molecular weight excluding hydrogens is 304 g/mol. The summed E-state index contributed by atoms with van der Waals surface area (Å²) in [5, 5.41) is 3.01. The lowest BCUT2D eigenvalue weighted by atomic mass is 9.79. The molecular formula is C19H28N2O3. The summed E-state index contributed by atoms with van der Waals surface area (Å²) in [6.07, 6.45) is 2.06. The zero-order valence-electron chi connectivity index (χ0n) is 14.4. The van der Waals surface area contributed by atoms with Gasteiger partial charge in [-0.25, -0.2) is 0 Å². The maximum Gasteiger partial charge on any atom is 0.223 e. The lowest BCUT2D eigenvalue weighted by Gasteiger charge is -2.44. The highest BCUT2D eigenvalue weighted by molar-refractivity contribution is 5.79. The third-order valence-corrected chi connectivity index (χ3v) is 5.15. The molecule has 0 bridgehead atoms.